The fourth-order valence-electron chi connectivity index (χ4n) is 3.49. The molecule has 0 aliphatic carbocycles. The first-order valence-corrected chi connectivity index (χ1v) is 8.17. The summed E-state index contributed by atoms with van der Waals surface area (Å²) in [4.78, 5) is 14.3. The number of carbonyl (C=O) groups excluding carboxylic acids is 1. The second-order valence-corrected chi connectivity index (χ2v) is 6.11. The summed E-state index contributed by atoms with van der Waals surface area (Å²) in [6, 6.07) is 0. The Morgan fingerprint density at radius 2 is 2.05 bits per heavy atom. The van der Waals surface area contributed by atoms with Crippen LogP contribution >= 0.6 is 0 Å². The molecule has 0 aromatic heterocycles. The van der Waals surface area contributed by atoms with Gasteiger partial charge in [-0.2, -0.15) is 0 Å². The van der Waals surface area contributed by atoms with Gasteiger partial charge in [0.15, 0.2) is 0 Å². The highest BCUT2D eigenvalue weighted by molar-refractivity contribution is 5.92. The van der Waals surface area contributed by atoms with Crippen LogP contribution in [0.4, 0.5) is 4.39 Å². The highest BCUT2D eigenvalue weighted by Gasteiger charge is 2.34. The van der Waals surface area contributed by atoms with Crippen LogP contribution in [0.3, 0.4) is 0 Å². The fraction of sp³-hybridized carbons (Fsp3) is 0.611. The molecule has 1 unspecified atom stereocenters. The predicted octanol–water partition coefficient (Wildman–Crippen LogP) is 3.64. The van der Waals surface area contributed by atoms with E-state index in [-0.39, 0.29) is 12.2 Å². The van der Waals surface area contributed by atoms with Crippen molar-refractivity contribution < 1.29 is 13.9 Å². The monoisotopic (exact) mass is 307 g/mol. The smallest absolute Gasteiger partial charge is 0.341 e. The molecule has 3 nitrogen and oxygen atoms in total. The van der Waals surface area contributed by atoms with Gasteiger partial charge in [-0.1, -0.05) is 11.6 Å². The maximum Gasteiger partial charge on any atom is 0.341 e. The number of piperidine rings is 3. The topological polar surface area (TPSA) is 29.5 Å². The lowest BCUT2D eigenvalue weighted by molar-refractivity contribution is -0.138. The minimum absolute atomic E-state index is 0.00461. The number of esters is 1. The van der Waals surface area contributed by atoms with Gasteiger partial charge >= 0.3 is 5.97 Å². The van der Waals surface area contributed by atoms with E-state index in [0.717, 1.165) is 12.1 Å². The molecule has 0 saturated carbocycles. The third-order valence-electron chi connectivity index (χ3n) is 4.68. The Kier molecular flexibility index (Phi) is 5.95. The minimum atomic E-state index is -0.601. The van der Waals surface area contributed by atoms with Crippen molar-refractivity contribution in [2.45, 2.75) is 33.6 Å². The van der Waals surface area contributed by atoms with Crippen LogP contribution in [0.5, 0.6) is 0 Å². The highest BCUT2D eigenvalue weighted by Crippen LogP contribution is 2.37. The van der Waals surface area contributed by atoms with Crippen LogP contribution in [-0.2, 0) is 9.53 Å². The maximum absolute atomic E-state index is 14.5. The number of nitrogens with zero attached hydrogens (tertiary/aromatic N) is 1. The molecule has 3 rings (SSSR count). The number of hydrogen-bond donors (Lipinski definition) is 0. The van der Waals surface area contributed by atoms with E-state index < -0.39 is 11.8 Å². The number of hydrogen-bond acceptors (Lipinski definition) is 3. The molecular formula is C18H26FNO2. The number of allylic oxidation sites excluding steroid dienone is 3. The number of halogens is 1. The lowest BCUT2D eigenvalue weighted by atomic mass is 9.75. The zero-order valence-corrected chi connectivity index (χ0v) is 13.8. The Morgan fingerprint density at radius 1 is 1.36 bits per heavy atom. The van der Waals surface area contributed by atoms with Crippen LogP contribution in [0.25, 0.3) is 0 Å². The van der Waals surface area contributed by atoms with Gasteiger partial charge in [-0.3, -0.25) is 0 Å². The van der Waals surface area contributed by atoms with Crippen molar-refractivity contribution in [3.05, 3.63) is 35.2 Å². The Hall–Kier alpha value is -1.42. The lowest BCUT2D eigenvalue weighted by Crippen LogP contribution is -2.47. The van der Waals surface area contributed by atoms with Crippen LogP contribution in [0.1, 0.15) is 33.6 Å². The van der Waals surface area contributed by atoms with E-state index in [4.69, 9.17) is 4.74 Å². The second kappa shape index (κ2) is 7.73. The number of fused-ring (bicyclic) bond motifs is 3. The quantitative estimate of drug-likeness (QED) is 0.441. The molecule has 0 radical (unpaired) electrons. The summed E-state index contributed by atoms with van der Waals surface area (Å²) in [7, 11) is 0. The van der Waals surface area contributed by atoms with Crippen molar-refractivity contribution in [2.75, 3.05) is 26.2 Å². The first kappa shape index (κ1) is 16.9. The maximum atomic E-state index is 14.5. The van der Waals surface area contributed by atoms with Crippen molar-refractivity contribution in [3.63, 3.8) is 0 Å². The molecule has 22 heavy (non-hydrogen) atoms. The van der Waals surface area contributed by atoms with Crippen LogP contribution < -0.4 is 0 Å². The average Bonchev–Trinajstić information content (AvgIpc) is 2.53. The van der Waals surface area contributed by atoms with E-state index in [0.29, 0.717) is 11.8 Å². The van der Waals surface area contributed by atoms with Gasteiger partial charge in [0.25, 0.3) is 0 Å². The van der Waals surface area contributed by atoms with Gasteiger partial charge in [0.2, 0.25) is 0 Å². The number of rotatable bonds is 5. The van der Waals surface area contributed by atoms with Crippen molar-refractivity contribution in [1.29, 1.82) is 0 Å². The van der Waals surface area contributed by atoms with Crippen LogP contribution in [0.2, 0.25) is 0 Å². The molecule has 4 heteroatoms. The molecule has 0 amide bonds. The fourth-order valence-corrected chi connectivity index (χ4v) is 3.49. The first-order chi connectivity index (χ1) is 10.6. The molecule has 3 saturated heterocycles. The van der Waals surface area contributed by atoms with E-state index in [1.807, 2.05) is 6.92 Å². The summed E-state index contributed by atoms with van der Waals surface area (Å²) in [5, 5.41) is 0. The van der Waals surface area contributed by atoms with E-state index >= 15 is 0 Å². The third kappa shape index (κ3) is 3.86. The van der Waals surface area contributed by atoms with Crippen LogP contribution in [0, 0.1) is 11.8 Å². The predicted molar refractivity (Wildman–Crippen MR) is 86.0 cm³/mol. The Morgan fingerprint density at radius 3 is 2.55 bits per heavy atom. The van der Waals surface area contributed by atoms with E-state index in [1.54, 1.807) is 19.9 Å². The summed E-state index contributed by atoms with van der Waals surface area (Å²) in [6.07, 6.45) is 7.05. The van der Waals surface area contributed by atoms with Crippen molar-refractivity contribution in [3.8, 4) is 0 Å². The molecule has 1 atom stereocenters. The van der Waals surface area contributed by atoms with Gasteiger partial charge in [0.05, 0.1) is 12.2 Å². The largest absolute Gasteiger partial charge is 0.462 e. The normalized spacial score (nSPS) is 29.6. The standard InChI is InChI=1S/C18H26FNO2/c1-4-6-15(18(21)22-5-2)17(19)11-13(3)16-12-20-9-7-14(16)8-10-20/h4,6,11,14,16H,5,7-10,12H2,1-3H3/b6-4-,13-11+,17-15-. The van der Waals surface area contributed by atoms with Crippen molar-refractivity contribution in [2.24, 2.45) is 11.8 Å². The SMILES string of the molecule is C\C=C/C(C(=O)OCC)=C(F)\C=C(/C)C1CN2CCC1CC2. The summed E-state index contributed by atoms with van der Waals surface area (Å²) in [5.74, 6) is -0.0364. The molecule has 3 heterocycles. The molecular weight excluding hydrogens is 281 g/mol. The van der Waals surface area contributed by atoms with Gasteiger partial charge in [-0.15, -0.1) is 0 Å². The zero-order chi connectivity index (χ0) is 16.1. The van der Waals surface area contributed by atoms with Gasteiger partial charge in [0.1, 0.15) is 5.83 Å². The van der Waals surface area contributed by atoms with Gasteiger partial charge < -0.3 is 9.64 Å². The third-order valence-corrected chi connectivity index (χ3v) is 4.68. The van der Waals surface area contributed by atoms with Crippen molar-refractivity contribution >= 4 is 5.97 Å². The average molecular weight is 307 g/mol. The van der Waals surface area contributed by atoms with Crippen molar-refractivity contribution in [1.82, 2.24) is 4.90 Å². The van der Waals surface area contributed by atoms with Gasteiger partial charge in [-0.05, 0) is 70.7 Å². The second-order valence-electron chi connectivity index (χ2n) is 6.11. The Balaban J connectivity index is 2.20. The summed E-state index contributed by atoms with van der Waals surface area (Å²) >= 11 is 0. The van der Waals surface area contributed by atoms with E-state index in [1.165, 1.54) is 38.1 Å². The molecule has 0 N–H and O–H groups in total. The lowest BCUT2D eigenvalue weighted by Gasteiger charge is -2.45. The molecule has 2 bridgehead atoms. The van der Waals surface area contributed by atoms with E-state index in [2.05, 4.69) is 4.90 Å². The number of ether oxygens (including phenoxy) is 1. The molecule has 3 aliphatic rings. The molecule has 0 aromatic carbocycles. The van der Waals surface area contributed by atoms with Crippen LogP contribution in [-0.4, -0.2) is 37.1 Å². The highest BCUT2D eigenvalue weighted by atomic mass is 19.1. The molecule has 122 valence electrons. The molecule has 0 spiro atoms. The minimum Gasteiger partial charge on any atom is -0.462 e. The zero-order valence-electron chi connectivity index (χ0n) is 13.8. The summed E-state index contributed by atoms with van der Waals surface area (Å²) < 4.78 is 19.4. The molecule has 3 aliphatic heterocycles. The summed E-state index contributed by atoms with van der Waals surface area (Å²) in [5.41, 5.74) is 1.03. The Labute approximate surface area is 132 Å². The summed E-state index contributed by atoms with van der Waals surface area (Å²) in [6.45, 7) is 9.05. The van der Waals surface area contributed by atoms with Gasteiger partial charge in [0, 0.05) is 6.54 Å². The molecule has 3 fully saturated rings. The van der Waals surface area contributed by atoms with Gasteiger partial charge in [-0.25, -0.2) is 9.18 Å². The molecule has 0 aromatic rings. The first-order valence-electron chi connectivity index (χ1n) is 8.17. The van der Waals surface area contributed by atoms with E-state index in [9.17, 15) is 9.18 Å². The Bertz CT molecular complexity index is 499. The van der Waals surface area contributed by atoms with Crippen LogP contribution in [0.15, 0.2) is 35.2 Å². The number of carbonyl (C=O) groups is 1.